The third kappa shape index (κ3) is 7.70. The third-order valence-electron chi connectivity index (χ3n) is 5.49. The predicted molar refractivity (Wildman–Crippen MR) is 125 cm³/mol. The van der Waals surface area contributed by atoms with Crippen LogP contribution < -0.4 is 21.1 Å². The number of nitrogens with zero attached hydrogens (tertiary/aromatic N) is 2. The maximum absolute atomic E-state index is 13.0. The Bertz CT molecular complexity index is 744. The lowest BCUT2D eigenvalue weighted by atomic mass is 9.88. The molecule has 1 fully saturated rings. The number of hydrogen-bond acceptors (Lipinski definition) is 5. The zero-order chi connectivity index (χ0) is 22.3. The molecule has 1 aliphatic heterocycles. The lowest BCUT2D eigenvalue weighted by Gasteiger charge is -2.31. The van der Waals surface area contributed by atoms with Gasteiger partial charge >= 0.3 is 0 Å². The van der Waals surface area contributed by atoms with E-state index in [1.807, 2.05) is 44.2 Å². The van der Waals surface area contributed by atoms with Gasteiger partial charge in [0.1, 0.15) is 6.04 Å². The van der Waals surface area contributed by atoms with E-state index in [1.54, 1.807) is 30.9 Å². The fourth-order valence-corrected chi connectivity index (χ4v) is 3.48. The Hall–Kier alpha value is -2.32. The molecule has 0 spiro atoms. The number of hydrazine groups is 1. The number of likely N-dealkylation sites (tertiary alicyclic amines) is 1. The summed E-state index contributed by atoms with van der Waals surface area (Å²) in [5.41, 5.74) is 3.34. The zero-order valence-corrected chi connectivity index (χ0v) is 19.9. The number of amides is 3. The Labute approximate surface area is 191 Å². The van der Waals surface area contributed by atoms with Crippen LogP contribution in [0.3, 0.4) is 0 Å². The maximum atomic E-state index is 13.0. The molecule has 1 aliphatic rings. The van der Waals surface area contributed by atoms with E-state index in [1.165, 1.54) is 0 Å². The maximum Gasteiger partial charge on any atom is 0.261 e. The molecule has 3 amide bonds. The molecule has 174 valence electrons. The molecule has 1 aromatic carbocycles. The number of para-hydroxylation sites is 1. The third-order valence-corrected chi connectivity index (χ3v) is 5.49. The number of anilines is 1. The van der Waals surface area contributed by atoms with Gasteiger partial charge in [0.05, 0.1) is 11.7 Å². The molecule has 0 saturated carbocycles. The van der Waals surface area contributed by atoms with E-state index < -0.39 is 11.5 Å². The van der Waals surface area contributed by atoms with E-state index in [0.29, 0.717) is 19.5 Å². The molecular weight excluding hydrogens is 418 g/mol. The largest absolute Gasteiger partial charge is 0.354 e. The molecule has 8 nitrogen and oxygen atoms in total. The van der Waals surface area contributed by atoms with Crippen LogP contribution >= 0.6 is 12.4 Å². The highest BCUT2D eigenvalue weighted by molar-refractivity contribution is 5.89. The fourth-order valence-electron chi connectivity index (χ4n) is 3.48. The first-order valence-electron chi connectivity index (χ1n) is 10.5. The summed E-state index contributed by atoms with van der Waals surface area (Å²) in [5.74, 6) is -0.336. The summed E-state index contributed by atoms with van der Waals surface area (Å²) in [6, 6.07) is 8.78. The van der Waals surface area contributed by atoms with Crippen molar-refractivity contribution in [2.24, 2.45) is 5.41 Å². The van der Waals surface area contributed by atoms with Crippen LogP contribution in [0.5, 0.6) is 0 Å². The Balaban J connectivity index is 0.00000480. The monoisotopic (exact) mass is 453 g/mol. The molecule has 0 bridgehead atoms. The zero-order valence-electron chi connectivity index (χ0n) is 19.1. The van der Waals surface area contributed by atoms with Crippen molar-refractivity contribution in [2.75, 3.05) is 32.2 Å². The molecule has 1 heterocycles. The second kappa shape index (κ2) is 11.9. The van der Waals surface area contributed by atoms with Crippen molar-refractivity contribution in [3.05, 3.63) is 30.3 Å². The van der Waals surface area contributed by atoms with Gasteiger partial charge in [0.2, 0.25) is 11.8 Å². The first-order valence-corrected chi connectivity index (χ1v) is 10.5. The van der Waals surface area contributed by atoms with Gasteiger partial charge in [-0.05, 0) is 44.4 Å². The van der Waals surface area contributed by atoms with E-state index in [4.69, 9.17) is 0 Å². The standard InChI is InChI=1S/C22H35N5O3.ClH/c1-16(23-4)20(29)24-15-22(2,3)14-19(28)27-13-9-12-18(27)21(30)25-26(5)17-10-7-6-8-11-17;/h6-8,10-11,16,18,23H,9,12-15H2,1-5H3,(H,24,29)(H,25,30);1H. The quantitative estimate of drug-likeness (QED) is 0.495. The average Bonchev–Trinajstić information content (AvgIpc) is 3.22. The summed E-state index contributed by atoms with van der Waals surface area (Å²) in [6.45, 7) is 6.65. The minimum absolute atomic E-state index is 0. The molecule has 2 atom stereocenters. The van der Waals surface area contributed by atoms with Crippen LogP contribution in [0.25, 0.3) is 0 Å². The van der Waals surface area contributed by atoms with Gasteiger partial charge in [-0.25, -0.2) is 0 Å². The minimum atomic E-state index is -0.474. The highest BCUT2D eigenvalue weighted by Gasteiger charge is 2.36. The van der Waals surface area contributed by atoms with Crippen molar-refractivity contribution in [1.29, 1.82) is 0 Å². The Kier molecular flexibility index (Phi) is 10.3. The predicted octanol–water partition coefficient (Wildman–Crippen LogP) is 1.71. The molecular formula is C22H36ClN5O3. The smallest absolute Gasteiger partial charge is 0.261 e. The van der Waals surface area contributed by atoms with Gasteiger partial charge in [0, 0.05) is 26.6 Å². The second-order valence-electron chi connectivity index (χ2n) is 8.68. The summed E-state index contributed by atoms with van der Waals surface area (Å²) in [5, 5.41) is 7.46. The highest BCUT2D eigenvalue weighted by Crippen LogP contribution is 2.25. The van der Waals surface area contributed by atoms with Crippen molar-refractivity contribution >= 4 is 35.8 Å². The Morgan fingerprint density at radius 1 is 1.23 bits per heavy atom. The number of carbonyl (C=O) groups is 3. The molecule has 31 heavy (non-hydrogen) atoms. The molecule has 0 radical (unpaired) electrons. The van der Waals surface area contributed by atoms with E-state index >= 15 is 0 Å². The van der Waals surface area contributed by atoms with Crippen LogP contribution in [0, 0.1) is 5.41 Å². The van der Waals surface area contributed by atoms with Crippen molar-refractivity contribution in [1.82, 2.24) is 21.0 Å². The first-order chi connectivity index (χ1) is 14.1. The molecule has 3 N–H and O–H groups in total. The van der Waals surface area contributed by atoms with Gasteiger partial charge in [-0.3, -0.25) is 24.8 Å². The fraction of sp³-hybridized carbons (Fsp3) is 0.591. The number of benzene rings is 1. The summed E-state index contributed by atoms with van der Waals surface area (Å²) in [4.78, 5) is 39.5. The summed E-state index contributed by atoms with van der Waals surface area (Å²) in [7, 11) is 3.51. The first kappa shape index (κ1) is 26.7. The van der Waals surface area contributed by atoms with Crippen LogP contribution in [0.4, 0.5) is 5.69 Å². The van der Waals surface area contributed by atoms with Crippen LogP contribution in [-0.2, 0) is 14.4 Å². The number of nitrogens with one attached hydrogen (secondary N) is 3. The number of hydrogen-bond donors (Lipinski definition) is 3. The number of halogens is 1. The van der Waals surface area contributed by atoms with Crippen LogP contribution in [-0.4, -0.2) is 61.9 Å². The highest BCUT2D eigenvalue weighted by atomic mass is 35.5. The normalized spacial score (nSPS) is 16.8. The Morgan fingerprint density at radius 2 is 1.87 bits per heavy atom. The van der Waals surface area contributed by atoms with Crippen LogP contribution in [0.2, 0.25) is 0 Å². The molecule has 0 aromatic heterocycles. The van der Waals surface area contributed by atoms with E-state index in [9.17, 15) is 14.4 Å². The van der Waals surface area contributed by atoms with E-state index in [-0.39, 0.29) is 42.6 Å². The average molecular weight is 454 g/mol. The lowest BCUT2D eigenvalue weighted by molar-refractivity contribution is -0.140. The molecule has 0 aliphatic carbocycles. The second-order valence-corrected chi connectivity index (χ2v) is 8.68. The number of carbonyl (C=O) groups excluding carboxylic acids is 3. The number of rotatable bonds is 9. The number of likely N-dealkylation sites (N-methyl/N-ethyl adjacent to an activating group) is 1. The Morgan fingerprint density at radius 3 is 2.48 bits per heavy atom. The van der Waals surface area contributed by atoms with Crippen molar-refractivity contribution in [3.63, 3.8) is 0 Å². The topological polar surface area (TPSA) is 93.8 Å². The van der Waals surface area contributed by atoms with Gasteiger partial charge in [-0.2, -0.15) is 0 Å². The van der Waals surface area contributed by atoms with Crippen LogP contribution in [0.15, 0.2) is 30.3 Å². The summed E-state index contributed by atoms with van der Waals surface area (Å²) < 4.78 is 0. The van der Waals surface area contributed by atoms with Gasteiger partial charge in [0.15, 0.2) is 0 Å². The molecule has 1 saturated heterocycles. The van der Waals surface area contributed by atoms with Gasteiger partial charge in [-0.1, -0.05) is 32.0 Å². The molecule has 2 unspecified atom stereocenters. The minimum Gasteiger partial charge on any atom is -0.354 e. The summed E-state index contributed by atoms with van der Waals surface area (Å²) in [6.07, 6.45) is 1.71. The lowest BCUT2D eigenvalue weighted by Crippen LogP contribution is -2.51. The van der Waals surface area contributed by atoms with Crippen molar-refractivity contribution in [3.8, 4) is 0 Å². The van der Waals surface area contributed by atoms with Gasteiger partial charge < -0.3 is 15.5 Å². The van der Waals surface area contributed by atoms with E-state index in [0.717, 1.165) is 12.1 Å². The van der Waals surface area contributed by atoms with Crippen LogP contribution in [0.1, 0.15) is 40.0 Å². The van der Waals surface area contributed by atoms with Gasteiger partial charge in [-0.15, -0.1) is 12.4 Å². The molecule has 1 aromatic rings. The SMILES string of the molecule is CNC(C)C(=O)NCC(C)(C)CC(=O)N1CCCC1C(=O)NN(C)c1ccccc1.Cl. The summed E-state index contributed by atoms with van der Waals surface area (Å²) >= 11 is 0. The van der Waals surface area contributed by atoms with Gasteiger partial charge in [0.25, 0.3) is 5.91 Å². The van der Waals surface area contributed by atoms with Crippen molar-refractivity contribution in [2.45, 2.75) is 52.1 Å². The molecule has 9 heteroatoms. The van der Waals surface area contributed by atoms with E-state index in [2.05, 4.69) is 16.1 Å². The molecule has 2 rings (SSSR count). The van der Waals surface area contributed by atoms with Crippen molar-refractivity contribution < 1.29 is 14.4 Å².